The molecule has 0 unspecified atom stereocenters. The molecular weight excluding hydrogens is 398 g/mol. The van der Waals surface area contributed by atoms with Gasteiger partial charge in [-0.3, -0.25) is 0 Å². The van der Waals surface area contributed by atoms with Crippen LogP contribution in [0.4, 0.5) is 8.78 Å². The Labute approximate surface area is 163 Å². The van der Waals surface area contributed by atoms with E-state index in [4.69, 9.17) is 22.2 Å². The summed E-state index contributed by atoms with van der Waals surface area (Å²) in [5.41, 5.74) is 1.50. The average molecular weight is 413 g/mol. The Balaban J connectivity index is 1.75. The summed E-state index contributed by atoms with van der Waals surface area (Å²) in [7, 11) is 1.39. The second kappa shape index (κ2) is 8.45. The fourth-order valence-corrected chi connectivity index (χ4v) is 3.36. The van der Waals surface area contributed by atoms with Crippen molar-refractivity contribution < 1.29 is 18.3 Å². The molecule has 0 fully saturated rings. The lowest BCUT2D eigenvalue weighted by molar-refractivity contribution is -0.0512. The van der Waals surface area contributed by atoms with E-state index in [1.54, 1.807) is 24.3 Å². The van der Waals surface area contributed by atoms with Gasteiger partial charge in [-0.1, -0.05) is 41.6 Å². The van der Waals surface area contributed by atoms with Crippen molar-refractivity contribution in [3.63, 3.8) is 0 Å². The highest BCUT2D eigenvalue weighted by molar-refractivity contribution is 7.98. The third-order valence-electron chi connectivity index (χ3n) is 3.59. The van der Waals surface area contributed by atoms with Crippen LogP contribution in [0.5, 0.6) is 11.5 Å². The number of nitrogens with zero attached hydrogens (tertiary/aromatic N) is 3. The van der Waals surface area contributed by atoms with E-state index in [0.29, 0.717) is 27.3 Å². The molecule has 0 saturated heterocycles. The predicted octanol–water partition coefficient (Wildman–Crippen LogP) is 4.21. The fraction of sp³-hybridized carbons (Fsp3) is 0.176. The van der Waals surface area contributed by atoms with Gasteiger partial charge in [-0.2, -0.15) is 8.78 Å². The number of aromatic nitrogens is 3. The molecule has 0 aliphatic rings. The zero-order valence-corrected chi connectivity index (χ0v) is 15.7. The molecule has 1 heterocycles. The first-order valence-corrected chi connectivity index (χ1v) is 9.06. The van der Waals surface area contributed by atoms with Gasteiger partial charge in [-0.05, 0) is 29.8 Å². The van der Waals surface area contributed by atoms with Crippen molar-refractivity contribution in [2.75, 3.05) is 13.0 Å². The molecule has 27 heavy (non-hydrogen) atoms. The van der Waals surface area contributed by atoms with E-state index in [-0.39, 0.29) is 11.5 Å². The Morgan fingerprint density at radius 1 is 1.19 bits per heavy atom. The number of nitrogen functional groups attached to an aromatic ring is 1. The highest BCUT2D eigenvalue weighted by Gasteiger charge is 2.15. The lowest BCUT2D eigenvalue weighted by atomic mass is 10.2. The largest absolute Gasteiger partial charge is 0.493 e. The van der Waals surface area contributed by atoms with E-state index < -0.39 is 6.61 Å². The first kappa shape index (κ1) is 19.2. The SMILES string of the molecule is COc1cc(CSc2nnc(-c3ccccc3Cl)n2N)ccc1OC(F)F. The predicted molar refractivity (Wildman–Crippen MR) is 99.8 cm³/mol. The summed E-state index contributed by atoms with van der Waals surface area (Å²) < 4.78 is 35.7. The highest BCUT2D eigenvalue weighted by Crippen LogP contribution is 2.32. The number of benzene rings is 2. The van der Waals surface area contributed by atoms with Crippen LogP contribution >= 0.6 is 23.4 Å². The minimum atomic E-state index is -2.92. The van der Waals surface area contributed by atoms with E-state index in [1.165, 1.54) is 29.6 Å². The Hall–Kier alpha value is -2.52. The van der Waals surface area contributed by atoms with Gasteiger partial charge < -0.3 is 15.3 Å². The fourth-order valence-electron chi connectivity index (χ4n) is 2.34. The van der Waals surface area contributed by atoms with Crippen molar-refractivity contribution in [3.8, 4) is 22.9 Å². The van der Waals surface area contributed by atoms with Crippen LogP contribution in [0.2, 0.25) is 5.02 Å². The quantitative estimate of drug-likeness (QED) is 0.462. The molecule has 142 valence electrons. The summed E-state index contributed by atoms with van der Waals surface area (Å²) in [5.74, 6) is 7.21. The molecule has 0 spiro atoms. The van der Waals surface area contributed by atoms with Gasteiger partial charge in [0.1, 0.15) is 0 Å². The summed E-state index contributed by atoms with van der Waals surface area (Å²) in [6.07, 6.45) is 0. The second-order valence-corrected chi connectivity index (χ2v) is 6.66. The van der Waals surface area contributed by atoms with Crippen LogP contribution in [0.3, 0.4) is 0 Å². The smallest absolute Gasteiger partial charge is 0.387 e. The third kappa shape index (κ3) is 4.42. The Bertz CT molecular complexity index is 939. The molecule has 1 aromatic heterocycles. The van der Waals surface area contributed by atoms with Gasteiger partial charge in [0, 0.05) is 11.3 Å². The van der Waals surface area contributed by atoms with Crippen LogP contribution in [-0.2, 0) is 5.75 Å². The maximum absolute atomic E-state index is 12.4. The van der Waals surface area contributed by atoms with Crippen LogP contribution in [0.25, 0.3) is 11.4 Å². The molecule has 0 bridgehead atoms. The molecule has 2 aromatic carbocycles. The lowest BCUT2D eigenvalue weighted by Gasteiger charge is -2.11. The van der Waals surface area contributed by atoms with Crippen LogP contribution in [0, 0.1) is 0 Å². The van der Waals surface area contributed by atoms with Gasteiger partial charge in [0.05, 0.1) is 12.1 Å². The van der Waals surface area contributed by atoms with Crippen LogP contribution in [-0.4, -0.2) is 28.6 Å². The molecule has 10 heteroatoms. The molecule has 2 N–H and O–H groups in total. The van der Waals surface area contributed by atoms with E-state index in [1.807, 2.05) is 12.1 Å². The molecule has 0 aliphatic heterocycles. The van der Waals surface area contributed by atoms with Gasteiger partial charge >= 0.3 is 6.61 Å². The third-order valence-corrected chi connectivity index (χ3v) is 4.94. The zero-order chi connectivity index (χ0) is 19.4. The highest BCUT2D eigenvalue weighted by atomic mass is 35.5. The number of alkyl halides is 2. The number of hydrogen-bond acceptors (Lipinski definition) is 6. The molecule has 0 radical (unpaired) electrons. The van der Waals surface area contributed by atoms with Crippen molar-refractivity contribution in [2.45, 2.75) is 17.5 Å². The van der Waals surface area contributed by atoms with Crippen LogP contribution < -0.4 is 15.3 Å². The summed E-state index contributed by atoms with van der Waals surface area (Å²) in [6, 6.07) is 11.9. The number of nitrogens with two attached hydrogens (primary N) is 1. The summed E-state index contributed by atoms with van der Waals surface area (Å²) in [6.45, 7) is -2.92. The number of hydrogen-bond donors (Lipinski definition) is 1. The molecule has 0 atom stereocenters. The van der Waals surface area contributed by atoms with Crippen LogP contribution in [0.15, 0.2) is 47.6 Å². The molecule has 0 amide bonds. The summed E-state index contributed by atoms with van der Waals surface area (Å²) >= 11 is 7.51. The minimum Gasteiger partial charge on any atom is -0.493 e. The van der Waals surface area contributed by atoms with Crippen molar-refractivity contribution in [1.82, 2.24) is 14.9 Å². The van der Waals surface area contributed by atoms with Gasteiger partial charge in [0.2, 0.25) is 5.16 Å². The Kier molecular flexibility index (Phi) is 6.02. The van der Waals surface area contributed by atoms with E-state index in [9.17, 15) is 8.78 Å². The zero-order valence-electron chi connectivity index (χ0n) is 14.1. The molecule has 3 rings (SSSR count). The van der Waals surface area contributed by atoms with Crippen molar-refractivity contribution in [3.05, 3.63) is 53.1 Å². The molecular formula is C17H15ClF2N4O2S. The van der Waals surface area contributed by atoms with E-state index in [2.05, 4.69) is 14.9 Å². The van der Waals surface area contributed by atoms with E-state index >= 15 is 0 Å². The van der Waals surface area contributed by atoms with Gasteiger partial charge in [-0.15, -0.1) is 10.2 Å². The lowest BCUT2D eigenvalue weighted by Crippen LogP contribution is -2.11. The minimum absolute atomic E-state index is 0.0238. The van der Waals surface area contributed by atoms with Crippen molar-refractivity contribution >= 4 is 23.4 Å². The molecule has 0 aliphatic carbocycles. The number of thioether (sulfide) groups is 1. The topological polar surface area (TPSA) is 75.2 Å². The average Bonchev–Trinajstić information content (AvgIpc) is 3.01. The summed E-state index contributed by atoms with van der Waals surface area (Å²) in [5, 5.41) is 9.18. The number of halogens is 3. The Morgan fingerprint density at radius 2 is 1.96 bits per heavy atom. The molecule has 6 nitrogen and oxygen atoms in total. The molecule has 0 saturated carbocycles. The monoisotopic (exact) mass is 412 g/mol. The van der Waals surface area contributed by atoms with Gasteiger partial charge in [0.25, 0.3) is 0 Å². The van der Waals surface area contributed by atoms with Gasteiger partial charge in [-0.25, -0.2) is 4.68 Å². The van der Waals surface area contributed by atoms with E-state index in [0.717, 1.165) is 5.56 Å². The summed E-state index contributed by atoms with van der Waals surface area (Å²) in [4.78, 5) is 0. The first-order chi connectivity index (χ1) is 13.0. The van der Waals surface area contributed by atoms with Crippen molar-refractivity contribution in [2.24, 2.45) is 0 Å². The first-order valence-electron chi connectivity index (χ1n) is 7.69. The maximum Gasteiger partial charge on any atom is 0.387 e. The second-order valence-electron chi connectivity index (χ2n) is 5.31. The number of ether oxygens (including phenoxy) is 2. The maximum atomic E-state index is 12.4. The van der Waals surface area contributed by atoms with Gasteiger partial charge in [0.15, 0.2) is 17.3 Å². The van der Waals surface area contributed by atoms with Crippen molar-refractivity contribution in [1.29, 1.82) is 0 Å². The number of rotatable bonds is 7. The normalized spacial score (nSPS) is 11.0. The van der Waals surface area contributed by atoms with Crippen LogP contribution in [0.1, 0.15) is 5.56 Å². The number of methoxy groups -OCH3 is 1. The standard InChI is InChI=1S/C17H15ClF2N4O2S/c1-25-14-8-10(6-7-13(14)26-16(19)20)9-27-17-23-22-15(24(17)21)11-4-2-3-5-12(11)18/h2-8,16H,9,21H2,1H3. The molecule has 3 aromatic rings. The Morgan fingerprint density at radius 3 is 2.67 bits per heavy atom.